The molecule has 2 aliphatic rings. The van der Waals surface area contributed by atoms with Gasteiger partial charge in [-0.1, -0.05) is 6.42 Å². The monoisotopic (exact) mass is 310 g/mol. The molecule has 0 spiro atoms. The van der Waals surface area contributed by atoms with Crippen molar-refractivity contribution in [2.24, 2.45) is 17.6 Å². The van der Waals surface area contributed by atoms with Crippen molar-refractivity contribution in [3.05, 3.63) is 0 Å². The maximum absolute atomic E-state index is 12.6. The number of amides is 2. The summed E-state index contributed by atoms with van der Waals surface area (Å²) in [7, 11) is 0. The van der Waals surface area contributed by atoms with Crippen molar-refractivity contribution in [1.82, 2.24) is 15.1 Å². The molecule has 0 bridgehead atoms. The van der Waals surface area contributed by atoms with Crippen LogP contribution in [0.25, 0.3) is 0 Å². The van der Waals surface area contributed by atoms with Gasteiger partial charge in [-0.05, 0) is 39.2 Å². The fourth-order valence-electron chi connectivity index (χ4n) is 3.58. The zero-order valence-corrected chi connectivity index (χ0v) is 13.9. The Kier molecular flexibility index (Phi) is 6.20. The van der Waals surface area contributed by atoms with Crippen LogP contribution in [0.4, 0.5) is 0 Å². The molecule has 126 valence electrons. The molecule has 0 aromatic carbocycles. The average molecular weight is 310 g/mol. The molecule has 0 aromatic heterocycles. The summed E-state index contributed by atoms with van der Waals surface area (Å²) in [4.78, 5) is 28.5. The number of carbonyl (C=O) groups excluding carboxylic acids is 2. The van der Waals surface area contributed by atoms with Gasteiger partial charge < -0.3 is 16.0 Å². The van der Waals surface area contributed by atoms with Gasteiger partial charge in [-0.3, -0.25) is 14.5 Å². The molecule has 0 radical (unpaired) electrons. The summed E-state index contributed by atoms with van der Waals surface area (Å²) in [6.45, 7) is 7.96. The Hall–Kier alpha value is -1.14. The number of nitrogens with zero attached hydrogens (tertiary/aromatic N) is 2. The summed E-state index contributed by atoms with van der Waals surface area (Å²) in [6.07, 6.45) is 3.19. The number of hydrogen-bond donors (Lipinski definition) is 2. The van der Waals surface area contributed by atoms with Gasteiger partial charge >= 0.3 is 0 Å². The zero-order valence-electron chi connectivity index (χ0n) is 13.9. The molecular weight excluding hydrogens is 280 g/mol. The predicted octanol–water partition coefficient (Wildman–Crippen LogP) is 0.0302. The normalized spacial score (nSPS) is 26.5. The summed E-state index contributed by atoms with van der Waals surface area (Å²) in [5.74, 6) is 0.830. The van der Waals surface area contributed by atoms with E-state index in [1.807, 2.05) is 18.7 Å². The van der Waals surface area contributed by atoms with Crippen molar-refractivity contribution in [2.75, 3.05) is 39.3 Å². The van der Waals surface area contributed by atoms with E-state index in [4.69, 9.17) is 5.73 Å². The number of rotatable bonds is 5. The topological polar surface area (TPSA) is 78.7 Å². The minimum Gasteiger partial charge on any atom is -0.353 e. The largest absolute Gasteiger partial charge is 0.353 e. The second-order valence-corrected chi connectivity index (χ2v) is 6.86. The van der Waals surface area contributed by atoms with E-state index in [0.717, 1.165) is 45.4 Å². The molecular formula is C16H30N4O2. The van der Waals surface area contributed by atoms with Gasteiger partial charge in [0.15, 0.2) is 0 Å². The van der Waals surface area contributed by atoms with E-state index >= 15 is 0 Å². The van der Waals surface area contributed by atoms with Crippen molar-refractivity contribution in [2.45, 2.75) is 39.2 Å². The Labute approximate surface area is 133 Å². The van der Waals surface area contributed by atoms with Gasteiger partial charge in [0.1, 0.15) is 0 Å². The van der Waals surface area contributed by atoms with Gasteiger partial charge in [-0.15, -0.1) is 0 Å². The first-order chi connectivity index (χ1) is 10.5. The molecule has 1 aliphatic heterocycles. The summed E-state index contributed by atoms with van der Waals surface area (Å²) in [6, 6.07) is 0.172. The van der Waals surface area contributed by atoms with E-state index in [0.29, 0.717) is 19.0 Å². The van der Waals surface area contributed by atoms with E-state index in [9.17, 15) is 9.59 Å². The summed E-state index contributed by atoms with van der Waals surface area (Å²) >= 11 is 0. The lowest BCUT2D eigenvalue weighted by molar-refractivity contribution is -0.138. The van der Waals surface area contributed by atoms with E-state index in [2.05, 4.69) is 10.2 Å². The van der Waals surface area contributed by atoms with E-state index in [1.54, 1.807) is 0 Å². The molecule has 2 amide bonds. The molecule has 6 heteroatoms. The number of nitrogens with two attached hydrogens (primary N) is 1. The predicted molar refractivity (Wildman–Crippen MR) is 86.2 cm³/mol. The molecule has 0 unspecified atom stereocenters. The first kappa shape index (κ1) is 17.2. The van der Waals surface area contributed by atoms with Crippen LogP contribution in [0.3, 0.4) is 0 Å². The highest BCUT2D eigenvalue weighted by Gasteiger charge is 2.35. The van der Waals surface area contributed by atoms with Gasteiger partial charge in [0.2, 0.25) is 11.8 Å². The maximum atomic E-state index is 12.6. The van der Waals surface area contributed by atoms with E-state index in [-0.39, 0.29) is 23.8 Å². The van der Waals surface area contributed by atoms with Crippen LogP contribution in [0, 0.1) is 11.8 Å². The Morgan fingerprint density at radius 2 is 1.86 bits per heavy atom. The smallest absolute Gasteiger partial charge is 0.234 e. The minimum absolute atomic E-state index is 0.0637. The van der Waals surface area contributed by atoms with Crippen LogP contribution in [0.15, 0.2) is 0 Å². The van der Waals surface area contributed by atoms with Crippen LogP contribution in [0.1, 0.15) is 33.1 Å². The molecule has 0 aromatic rings. The highest BCUT2D eigenvalue weighted by atomic mass is 16.2. The van der Waals surface area contributed by atoms with Gasteiger partial charge in [-0.2, -0.15) is 0 Å². The number of piperazine rings is 1. The average Bonchev–Trinajstić information content (AvgIpc) is 2.94. The molecule has 3 N–H and O–H groups in total. The highest BCUT2D eigenvalue weighted by molar-refractivity contribution is 5.80. The third-order valence-corrected chi connectivity index (χ3v) is 4.78. The Balaban J connectivity index is 1.77. The molecule has 2 fully saturated rings. The molecule has 1 saturated heterocycles. The molecule has 6 nitrogen and oxygen atoms in total. The Morgan fingerprint density at radius 3 is 2.45 bits per heavy atom. The van der Waals surface area contributed by atoms with Gasteiger partial charge in [0.05, 0.1) is 6.54 Å². The number of hydrogen-bond acceptors (Lipinski definition) is 4. The first-order valence-electron chi connectivity index (χ1n) is 8.51. The second kappa shape index (κ2) is 7.92. The highest BCUT2D eigenvalue weighted by Crippen LogP contribution is 2.32. The third kappa shape index (κ3) is 4.43. The van der Waals surface area contributed by atoms with Crippen LogP contribution in [0.2, 0.25) is 0 Å². The number of carbonyl (C=O) groups is 2. The zero-order chi connectivity index (χ0) is 16.1. The molecule has 1 aliphatic carbocycles. The van der Waals surface area contributed by atoms with Crippen LogP contribution < -0.4 is 11.1 Å². The van der Waals surface area contributed by atoms with Crippen molar-refractivity contribution in [3.63, 3.8) is 0 Å². The molecule has 1 heterocycles. The van der Waals surface area contributed by atoms with Crippen LogP contribution in [0.5, 0.6) is 0 Å². The van der Waals surface area contributed by atoms with E-state index in [1.165, 1.54) is 0 Å². The van der Waals surface area contributed by atoms with Crippen molar-refractivity contribution in [1.29, 1.82) is 0 Å². The molecule has 22 heavy (non-hydrogen) atoms. The summed E-state index contributed by atoms with van der Waals surface area (Å²) in [5.41, 5.74) is 5.78. The SMILES string of the molecule is CC(C)NC(=O)CN1CCN(C(=O)[C@@H]2CCC[C@@H]2CN)CC1. The maximum Gasteiger partial charge on any atom is 0.234 e. The third-order valence-electron chi connectivity index (χ3n) is 4.78. The second-order valence-electron chi connectivity index (χ2n) is 6.86. The molecule has 2 atom stereocenters. The fraction of sp³-hybridized carbons (Fsp3) is 0.875. The standard InChI is InChI=1S/C16H30N4O2/c1-12(2)18-15(21)11-19-6-8-20(9-7-19)16(22)14-5-3-4-13(14)10-17/h12-14H,3-11,17H2,1-2H3,(H,18,21)/t13-,14-/m1/s1. The lowest BCUT2D eigenvalue weighted by atomic mass is 9.94. The van der Waals surface area contributed by atoms with Gasteiger partial charge in [0.25, 0.3) is 0 Å². The Morgan fingerprint density at radius 1 is 1.18 bits per heavy atom. The molecule has 1 saturated carbocycles. The van der Waals surface area contributed by atoms with Crippen LogP contribution in [-0.4, -0.2) is 66.9 Å². The lowest BCUT2D eigenvalue weighted by Crippen LogP contribution is -2.53. The van der Waals surface area contributed by atoms with Crippen molar-refractivity contribution >= 4 is 11.8 Å². The Bertz CT molecular complexity index is 392. The van der Waals surface area contributed by atoms with E-state index < -0.39 is 0 Å². The van der Waals surface area contributed by atoms with Crippen molar-refractivity contribution in [3.8, 4) is 0 Å². The van der Waals surface area contributed by atoms with Crippen molar-refractivity contribution < 1.29 is 9.59 Å². The quantitative estimate of drug-likeness (QED) is 0.751. The summed E-state index contributed by atoms with van der Waals surface area (Å²) in [5, 5.41) is 2.91. The van der Waals surface area contributed by atoms with Gasteiger partial charge in [0, 0.05) is 38.1 Å². The summed E-state index contributed by atoms with van der Waals surface area (Å²) < 4.78 is 0. The minimum atomic E-state index is 0.0637. The fourth-order valence-corrected chi connectivity index (χ4v) is 3.58. The van der Waals surface area contributed by atoms with Crippen LogP contribution in [-0.2, 0) is 9.59 Å². The lowest BCUT2D eigenvalue weighted by Gasteiger charge is -2.36. The number of nitrogens with one attached hydrogen (secondary N) is 1. The molecule has 2 rings (SSSR count). The van der Waals surface area contributed by atoms with Gasteiger partial charge in [-0.25, -0.2) is 0 Å². The first-order valence-corrected chi connectivity index (χ1v) is 8.51. The van der Waals surface area contributed by atoms with Crippen LogP contribution >= 0.6 is 0 Å².